The van der Waals surface area contributed by atoms with Crippen molar-refractivity contribution in [1.82, 2.24) is 9.88 Å². The largest absolute Gasteiger partial charge is 0.377 e. The first-order valence-electron chi connectivity index (χ1n) is 6.15. The Kier molecular flexibility index (Phi) is 3.32. The minimum absolute atomic E-state index is 0.00343. The number of hydrogen-bond donors (Lipinski definition) is 0. The number of nitrogens with zero attached hydrogens (tertiary/aromatic N) is 2. The molecule has 0 spiro atoms. The molecular formula is C12H16N2O3S. The average molecular weight is 268 g/mol. The van der Waals surface area contributed by atoms with E-state index in [-0.39, 0.29) is 24.2 Å². The highest BCUT2D eigenvalue weighted by molar-refractivity contribution is 7.07. The van der Waals surface area contributed by atoms with Gasteiger partial charge in [0.1, 0.15) is 17.9 Å². The number of fused-ring (bicyclic) bond motifs is 1. The number of amides is 1. The molecule has 2 fully saturated rings. The molecule has 0 saturated carbocycles. The number of rotatable bonds is 2. The van der Waals surface area contributed by atoms with E-state index < -0.39 is 0 Å². The lowest BCUT2D eigenvalue weighted by Gasteiger charge is -2.31. The smallest absolute Gasteiger partial charge is 0.273 e. The van der Waals surface area contributed by atoms with E-state index in [0.717, 1.165) is 19.4 Å². The summed E-state index contributed by atoms with van der Waals surface area (Å²) in [5.74, 6) is -0.00343. The first-order chi connectivity index (χ1) is 8.81. The van der Waals surface area contributed by atoms with Gasteiger partial charge in [0, 0.05) is 19.1 Å². The molecule has 2 saturated heterocycles. The van der Waals surface area contributed by atoms with Gasteiger partial charge in [-0.1, -0.05) is 0 Å². The Morgan fingerprint density at radius 1 is 1.67 bits per heavy atom. The number of likely N-dealkylation sites (tertiary alicyclic amines) is 1. The Hall–Kier alpha value is -0.980. The molecule has 6 heteroatoms. The minimum Gasteiger partial charge on any atom is -0.377 e. The second kappa shape index (κ2) is 4.95. The van der Waals surface area contributed by atoms with Crippen molar-refractivity contribution in [3.05, 3.63) is 16.6 Å². The van der Waals surface area contributed by atoms with Crippen LogP contribution in [0.1, 0.15) is 23.3 Å². The molecule has 0 aromatic carbocycles. The van der Waals surface area contributed by atoms with Gasteiger partial charge >= 0.3 is 0 Å². The van der Waals surface area contributed by atoms with Crippen LogP contribution in [-0.2, 0) is 9.47 Å². The van der Waals surface area contributed by atoms with Crippen molar-refractivity contribution < 1.29 is 14.3 Å². The van der Waals surface area contributed by atoms with E-state index in [1.165, 1.54) is 11.3 Å². The third-order valence-electron chi connectivity index (χ3n) is 3.69. The summed E-state index contributed by atoms with van der Waals surface area (Å²) in [6, 6.07) is 0.137. The molecular weight excluding hydrogens is 252 g/mol. The number of hydrogen-bond acceptors (Lipinski definition) is 5. The summed E-state index contributed by atoms with van der Waals surface area (Å²) in [5, 5.41) is 1.79. The second-order valence-corrected chi connectivity index (χ2v) is 5.37. The van der Waals surface area contributed by atoms with Crippen LogP contribution in [0, 0.1) is 0 Å². The van der Waals surface area contributed by atoms with Crippen LogP contribution in [-0.4, -0.2) is 54.3 Å². The zero-order chi connectivity index (χ0) is 12.5. The van der Waals surface area contributed by atoms with Gasteiger partial charge in [-0.2, -0.15) is 0 Å². The summed E-state index contributed by atoms with van der Waals surface area (Å²) in [5.41, 5.74) is 2.22. The van der Waals surface area contributed by atoms with Crippen LogP contribution in [0.3, 0.4) is 0 Å². The maximum atomic E-state index is 12.4. The third kappa shape index (κ3) is 1.94. The van der Waals surface area contributed by atoms with Crippen molar-refractivity contribution in [2.45, 2.75) is 31.1 Å². The number of aromatic nitrogens is 1. The molecule has 3 rings (SSSR count). The van der Waals surface area contributed by atoms with Gasteiger partial charge in [-0.05, 0) is 12.8 Å². The van der Waals surface area contributed by atoms with Gasteiger partial charge in [0.25, 0.3) is 5.91 Å². The van der Waals surface area contributed by atoms with Gasteiger partial charge in [0.15, 0.2) is 0 Å². The molecule has 2 aliphatic rings. The standard InChI is InChI=1S/C12H16N2O3S/c1-16-10-5-14(9-3-2-4-17-11(9)10)12(15)8-6-18-7-13-8/h6-7,9-11H,2-5H2,1H3/t9-,10+,11+/m0/s1. The number of carbonyl (C=O) groups excluding carboxylic acids is 1. The van der Waals surface area contributed by atoms with Crippen LogP contribution in [0.15, 0.2) is 10.9 Å². The van der Waals surface area contributed by atoms with Gasteiger partial charge in [0.05, 0.1) is 18.1 Å². The molecule has 0 bridgehead atoms. The fraction of sp³-hybridized carbons (Fsp3) is 0.667. The number of ether oxygens (including phenoxy) is 2. The van der Waals surface area contributed by atoms with Gasteiger partial charge in [-0.3, -0.25) is 4.79 Å². The second-order valence-electron chi connectivity index (χ2n) is 4.65. The van der Waals surface area contributed by atoms with E-state index in [2.05, 4.69) is 4.98 Å². The molecule has 1 aromatic rings. The van der Waals surface area contributed by atoms with Crippen molar-refractivity contribution in [3.8, 4) is 0 Å². The summed E-state index contributed by atoms with van der Waals surface area (Å²) in [7, 11) is 1.68. The summed E-state index contributed by atoms with van der Waals surface area (Å²) in [4.78, 5) is 18.3. The quantitative estimate of drug-likeness (QED) is 0.807. The van der Waals surface area contributed by atoms with E-state index in [0.29, 0.717) is 12.2 Å². The van der Waals surface area contributed by atoms with Crippen LogP contribution in [0.5, 0.6) is 0 Å². The summed E-state index contributed by atoms with van der Waals surface area (Å²) < 4.78 is 11.2. The van der Waals surface area contributed by atoms with E-state index in [1.54, 1.807) is 18.0 Å². The Morgan fingerprint density at radius 3 is 3.28 bits per heavy atom. The Bertz CT molecular complexity index is 423. The Morgan fingerprint density at radius 2 is 2.56 bits per heavy atom. The van der Waals surface area contributed by atoms with Crippen molar-refractivity contribution in [2.75, 3.05) is 20.3 Å². The third-order valence-corrected chi connectivity index (χ3v) is 4.28. The number of thiazole rings is 1. The Balaban J connectivity index is 1.82. The lowest BCUT2D eigenvalue weighted by atomic mass is 10.0. The zero-order valence-corrected chi connectivity index (χ0v) is 11.1. The maximum absolute atomic E-state index is 12.4. The highest BCUT2D eigenvalue weighted by Crippen LogP contribution is 2.31. The number of carbonyl (C=O) groups is 1. The lowest BCUT2D eigenvalue weighted by Crippen LogP contribution is -2.43. The van der Waals surface area contributed by atoms with Gasteiger partial charge in [-0.25, -0.2) is 4.98 Å². The molecule has 0 radical (unpaired) electrons. The van der Waals surface area contributed by atoms with Crippen molar-refractivity contribution in [1.29, 1.82) is 0 Å². The zero-order valence-electron chi connectivity index (χ0n) is 10.2. The fourth-order valence-corrected chi connectivity index (χ4v) is 3.34. The fourth-order valence-electron chi connectivity index (χ4n) is 2.82. The normalized spacial score (nSPS) is 31.4. The van der Waals surface area contributed by atoms with E-state index in [1.807, 2.05) is 4.90 Å². The molecule has 18 heavy (non-hydrogen) atoms. The van der Waals surface area contributed by atoms with Gasteiger partial charge in [0.2, 0.25) is 0 Å². The van der Waals surface area contributed by atoms with Crippen LogP contribution in [0.25, 0.3) is 0 Å². The average Bonchev–Trinajstić information content (AvgIpc) is 3.05. The predicted octanol–water partition coefficient (Wildman–Crippen LogP) is 1.16. The highest BCUT2D eigenvalue weighted by Gasteiger charge is 2.46. The molecule has 2 aliphatic heterocycles. The van der Waals surface area contributed by atoms with Crippen LogP contribution in [0.2, 0.25) is 0 Å². The molecule has 5 nitrogen and oxygen atoms in total. The van der Waals surface area contributed by atoms with E-state index >= 15 is 0 Å². The van der Waals surface area contributed by atoms with E-state index in [9.17, 15) is 4.79 Å². The maximum Gasteiger partial charge on any atom is 0.273 e. The molecule has 3 atom stereocenters. The van der Waals surface area contributed by atoms with Crippen LogP contribution < -0.4 is 0 Å². The lowest BCUT2D eigenvalue weighted by molar-refractivity contribution is -0.0639. The van der Waals surface area contributed by atoms with Crippen molar-refractivity contribution in [2.24, 2.45) is 0 Å². The van der Waals surface area contributed by atoms with Crippen LogP contribution in [0.4, 0.5) is 0 Å². The molecule has 3 heterocycles. The number of methoxy groups -OCH3 is 1. The molecule has 0 unspecified atom stereocenters. The monoisotopic (exact) mass is 268 g/mol. The SMILES string of the molecule is CO[C@@H]1CN(C(=O)c2cscn2)[C@H]2CCCO[C@@H]12. The van der Waals surface area contributed by atoms with Crippen molar-refractivity contribution >= 4 is 17.2 Å². The van der Waals surface area contributed by atoms with Gasteiger partial charge in [-0.15, -0.1) is 11.3 Å². The first-order valence-corrected chi connectivity index (χ1v) is 7.09. The topological polar surface area (TPSA) is 51.7 Å². The minimum atomic E-state index is -0.0158. The Labute approximate surface area is 110 Å². The van der Waals surface area contributed by atoms with E-state index in [4.69, 9.17) is 9.47 Å². The molecule has 0 N–H and O–H groups in total. The molecule has 98 valence electrons. The molecule has 0 aliphatic carbocycles. The highest BCUT2D eigenvalue weighted by atomic mass is 32.1. The molecule has 1 aromatic heterocycles. The van der Waals surface area contributed by atoms with Crippen molar-refractivity contribution in [3.63, 3.8) is 0 Å². The summed E-state index contributed by atoms with van der Waals surface area (Å²) in [6.07, 6.45) is 1.99. The first kappa shape index (κ1) is 12.1. The summed E-state index contributed by atoms with van der Waals surface area (Å²) >= 11 is 1.44. The molecule has 1 amide bonds. The summed E-state index contributed by atoms with van der Waals surface area (Å²) in [6.45, 7) is 1.36. The van der Waals surface area contributed by atoms with Crippen LogP contribution >= 0.6 is 11.3 Å². The van der Waals surface area contributed by atoms with Gasteiger partial charge < -0.3 is 14.4 Å². The predicted molar refractivity (Wildman–Crippen MR) is 66.7 cm³/mol.